The number of hydrogen-bond donors (Lipinski definition) is 1. The Morgan fingerprint density at radius 1 is 1.79 bits per heavy atom. The zero-order chi connectivity index (χ0) is 10.4. The van der Waals surface area contributed by atoms with Crippen LogP contribution in [0.5, 0.6) is 0 Å². The van der Waals surface area contributed by atoms with Gasteiger partial charge in [-0.25, -0.2) is 4.98 Å². The predicted octanol–water partition coefficient (Wildman–Crippen LogP) is 1.13. The van der Waals surface area contributed by atoms with Crippen LogP contribution in [0.3, 0.4) is 0 Å². The molecule has 0 fully saturated rings. The highest BCUT2D eigenvalue weighted by Gasteiger charge is 2.12. The van der Waals surface area contributed by atoms with Gasteiger partial charge in [-0.1, -0.05) is 0 Å². The molecule has 0 bridgehead atoms. The maximum atomic E-state index is 11.4. The number of terminal acetylenes is 1. The first-order chi connectivity index (χ1) is 6.75. The fourth-order valence-electron chi connectivity index (χ4n) is 0.992. The fraction of sp³-hybridized carbons (Fsp3) is 0.400. The van der Waals surface area contributed by atoms with Gasteiger partial charge < -0.3 is 9.73 Å². The molecule has 0 unspecified atom stereocenters. The van der Waals surface area contributed by atoms with Crippen LogP contribution in [0.1, 0.15) is 29.1 Å². The lowest BCUT2D eigenvalue weighted by molar-refractivity contribution is 0.0925. The summed E-state index contributed by atoms with van der Waals surface area (Å²) in [6, 6.07) is 0. The van der Waals surface area contributed by atoms with Gasteiger partial charge in [-0.05, 0) is 13.3 Å². The van der Waals surface area contributed by atoms with Crippen LogP contribution in [0, 0.1) is 19.3 Å². The molecule has 1 rings (SSSR count). The van der Waals surface area contributed by atoms with Gasteiger partial charge in [0.15, 0.2) is 6.39 Å². The zero-order valence-electron chi connectivity index (χ0n) is 8.04. The maximum Gasteiger partial charge on any atom is 0.288 e. The van der Waals surface area contributed by atoms with Gasteiger partial charge in [0, 0.05) is 13.0 Å². The summed E-state index contributed by atoms with van der Waals surface area (Å²) < 4.78 is 4.92. The first kappa shape index (κ1) is 10.3. The third kappa shape index (κ3) is 2.63. The van der Waals surface area contributed by atoms with Crippen LogP contribution in [0.2, 0.25) is 0 Å². The van der Waals surface area contributed by atoms with Gasteiger partial charge in [0.1, 0.15) is 0 Å². The Morgan fingerprint density at radius 3 is 3.14 bits per heavy atom. The minimum Gasteiger partial charge on any atom is -0.438 e. The van der Waals surface area contributed by atoms with E-state index in [0.717, 1.165) is 6.42 Å². The van der Waals surface area contributed by atoms with E-state index in [0.29, 0.717) is 18.7 Å². The molecule has 1 heterocycles. The Balaban J connectivity index is 2.37. The van der Waals surface area contributed by atoms with Crippen LogP contribution in [0.4, 0.5) is 0 Å². The van der Waals surface area contributed by atoms with Crippen molar-refractivity contribution in [2.24, 2.45) is 0 Å². The lowest BCUT2D eigenvalue weighted by Crippen LogP contribution is -2.24. The molecular weight excluding hydrogens is 180 g/mol. The molecule has 74 valence electrons. The summed E-state index contributed by atoms with van der Waals surface area (Å²) in [5.41, 5.74) is 0.597. The molecule has 0 atom stereocenters. The van der Waals surface area contributed by atoms with Gasteiger partial charge in [-0.2, -0.15) is 0 Å². The van der Waals surface area contributed by atoms with E-state index in [9.17, 15) is 4.79 Å². The third-order valence-corrected chi connectivity index (χ3v) is 1.74. The normalized spacial score (nSPS) is 9.43. The highest BCUT2D eigenvalue weighted by Crippen LogP contribution is 2.03. The summed E-state index contributed by atoms with van der Waals surface area (Å²) in [5.74, 6) is 2.53. The van der Waals surface area contributed by atoms with Gasteiger partial charge in [0.2, 0.25) is 5.76 Å². The molecule has 1 amide bonds. The van der Waals surface area contributed by atoms with Gasteiger partial charge in [0.05, 0.1) is 5.69 Å². The topological polar surface area (TPSA) is 55.1 Å². The molecule has 0 saturated heterocycles. The van der Waals surface area contributed by atoms with Crippen LogP contribution in [-0.4, -0.2) is 17.4 Å². The van der Waals surface area contributed by atoms with Crippen LogP contribution in [0.15, 0.2) is 10.8 Å². The number of amides is 1. The SMILES string of the molecule is C#CCCCNC(=O)c1ocnc1C. The number of carbonyl (C=O) groups excluding carboxylic acids is 1. The van der Waals surface area contributed by atoms with Crippen molar-refractivity contribution in [1.82, 2.24) is 10.3 Å². The van der Waals surface area contributed by atoms with Crippen molar-refractivity contribution in [2.75, 3.05) is 6.54 Å². The molecule has 0 radical (unpaired) electrons. The van der Waals surface area contributed by atoms with E-state index in [-0.39, 0.29) is 11.7 Å². The average Bonchev–Trinajstić information content (AvgIpc) is 2.59. The molecule has 1 N–H and O–H groups in total. The van der Waals surface area contributed by atoms with Gasteiger partial charge in [0.25, 0.3) is 5.91 Å². The molecule has 0 aromatic carbocycles. The number of rotatable bonds is 4. The number of carbonyl (C=O) groups is 1. The summed E-state index contributed by atoms with van der Waals surface area (Å²) >= 11 is 0. The van der Waals surface area contributed by atoms with Crippen molar-refractivity contribution >= 4 is 5.91 Å². The Morgan fingerprint density at radius 2 is 2.57 bits per heavy atom. The number of hydrogen-bond acceptors (Lipinski definition) is 3. The number of nitrogens with zero attached hydrogens (tertiary/aromatic N) is 1. The molecule has 0 aliphatic carbocycles. The number of oxazole rings is 1. The van der Waals surface area contributed by atoms with E-state index >= 15 is 0 Å². The molecule has 0 spiro atoms. The molecule has 0 aliphatic heterocycles. The van der Waals surface area contributed by atoms with Gasteiger partial charge >= 0.3 is 0 Å². The Bertz CT molecular complexity index is 349. The summed E-state index contributed by atoms with van der Waals surface area (Å²) in [7, 11) is 0. The molecule has 1 aromatic rings. The molecule has 0 aliphatic rings. The van der Waals surface area contributed by atoms with Crippen molar-refractivity contribution in [2.45, 2.75) is 19.8 Å². The van der Waals surface area contributed by atoms with E-state index in [1.807, 2.05) is 0 Å². The van der Waals surface area contributed by atoms with Crippen LogP contribution >= 0.6 is 0 Å². The third-order valence-electron chi connectivity index (χ3n) is 1.74. The molecule has 1 aromatic heterocycles. The Labute approximate surface area is 82.7 Å². The lowest BCUT2D eigenvalue weighted by atomic mass is 10.3. The summed E-state index contributed by atoms with van der Waals surface area (Å²) in [4.78, 5) is 15.2. The fourth-order valence-corrected chi connectivity index (χ4v) is 0.992. The van der Waals surface area contributed by atoms with E-state index in [4.69, 9.17) is 10.8 Å². The zero-order valence-corrected chi connectivity index (χ0v) is 8.04. The number of nitrogens with one attached hydrogen (secondary N) is 1. The molecular formula is C10H12N2O2. The standard InChI is InChI=1S/C10H12N2O2/c1-3-4-5-6-11-10(13)9-8(2)12-7-14-9/h1,7H,4-6H2,2H3,(H,11,13). The first-order valence-corrected chi connectivity index (χ1v) is 4.37. The minimum absolute atomic E-state index is 0.239. The summed E-state index contributed by atoms with van der Waals surface area (Å²) in [5, 5.41) is 2.69. The highest BCUT2D eigenvalue weighted by atomic mass is 16.3. The summed E-state index contributed by atoms with van der Waals surface area (Å²) in [6.45, 7) is 2.28. The quantitative estimate of drug-likeness (QED) is 0.574. The monoisotopic (exact) mass is 192 g/mol. The van der Waals surface area contributed by atoms with E-state index in [1.165, 1.54) is 6.39 Å². The number of unbranched alkanes of at least 4 members (excludes halogenated alkanes) is 1. The number of aryl methyl sites for hydroxylation is 1. The highest BCUT2D eigenvalue weighted by molar-refractivity contribution is 5.92. The second-order valence-corrected chi connectivity index (χ2v) is 2.83. The van der Waals surface area contributed by atoms with E-state index in [2.05, 4.69) is 16.2 Å². The largest absolute Gasteiger partial charge is 0.438 e. The molecule has 0 saturated carbocycles. The lowest BCUT2D eigenvalue weighted by Gasteiger charge is -2.00. The minimum atomic E-state index is -0.239. The van der Waals surface area contributed by atoms with E-state index < -0.39 is 0 Å². The Hall–Kier alpha value is -1.76. The van der Waals surface area contributed by atoms with Crippen LogP contribution in [0.25, 0.3) is 0 Å². The molecule has 4 heteroatoms. The van der Waals surface area contributed by atoms with E-state index in [1.54, 1.807) is 6.92 Å². The molecule has 14 heavy (non-hydrogen) atoms. The molecule has 4 nitrogen and oxygen atoms in total. The average molecular weight is 192 g/mol. The predicted molar refractivity (Wildman–Crippen MR) is 51.6 cm³/mol. The van der Waals surface area contributed by atoms with Crippen molar-refractivity contribution in [3.05, 3.63) is 17.8 Å². The first-order valence-electron chi connectivity index (χ1n) is 4.37. The summed E-state index contributed by atoms with van der Waals surface area (Å²) in [6.07, 6.45) is 7.76. The second-order valence-electron chi connectivity index (χ2n) is 2.83. The van der Waals surface area contributed by atoms with Crippen LogP contribution < -0.4 is 5.32 Å². The smallest absolute Gasteiger partial charge is 0.288 e. The van der Waals surface area contributed by atoms with Crippen molar-refractivity contribution in [3.63, 3.8) is 0 Å². The van der Waals surface area contributed by atoms with Gasteiger partial charge in [-0.3, -0.25) is 4.79 Å². The Kier molecular flexibility index (Phi) is 3.74. The number of aromatic nitrogens is 1. The van der Waals surface area contributed by atoms with Crippen LogP contribution in [-0.2, 0) is 0 Å². The van der Waals surface area contributed by atoms with Crippen molar-refractivity contribution in [1.29, 1.82) is 0 Å². The van der Waals surface area contributed by atoms with Gasteiger partial charge in [-0.15, -0.1) is 12.3 Å². The van der Waals surface area contributed by atoms with Crippen molar-refractivity contribution < 1.29 is 9.21 Å². The van der Waals surface area contributed by atoms with Crippen molar-refractivity contribution in [3.8, 4) is 12.3 Å². The maximum absolute atomic E-state index is 11.4. The second kappa shape index (κ2) is 5.07.